The number of carbonyl (C=O) groups excluding carboxylic acids is 1. The second-order valence-electron chi connectivity index (χ2n) is 4.97. The lowest BCUT2D eigenvalue weighted by Gasteiger charge is -2.33. The molecule has 1 aromatic rings. The molecular weight excluding hydrogens is 308 g/mol. The zero-order valence-corrected chi connectivity index (χ0v) is 13.5. The molecule has 1 aromatic carbocycles. The fourth-order valence-corrected chi connectivity index (χ4v) is 2.76. The molecule has 0 aliphatic carbocycles. The first-order chi connectivity index (χ1) is 10.1. The molecule has 1 heterocycles. The Morgan fingerprint density at radius 2 is 2.19 bits per heavy atom. The Balaban J connectivity index is 1.92. The Morgan fingerprint density at radius 1 is 1.48 bits per heavy atom. The third-order valence-electron chi connectivity index (χ3n) is 3.42. The van der Waals surface area contributed by atoms with Gasteiger partial charge in [-0.15, -0.1) is 0 Å². The van der Waals surface area contributed by atoms with Gasteiger partial charge in [0.25, 0.3) is 0 Å². The summed E-state index contributed by atoms with van der Waals surface area (Å²) >= 11 is 11.3. The van der Waals surface area contributed by atoms with E-state index in [1.54, 1.807) is 0 Å². The van der Waals surface area contributed by atoms with Gasteiger partial charge in [-0.05, 0) is 56.2 Å². The van der Waals surface area contributed by atoms with E-state index in [1.165, 1.54) is 0 Å². The van der Waals surface area contributed by atoms with Gasteiger partial charge in [0.2, 0.25) is 0 Å². The zero-order valence-electron chi connectivity index (χ0n) is 12.0. The lowest BCUT2D eigenvalue weighted by atomic mass is 9.98. The predicted molar refractivity (Wildman–Crippen MR) is 88.6 cm³/mol. The normalized spacial score (nSPS) is 18.2. The number of carbonyl (C=O) groups is 1. The fraction of sp³-hybridized carbons (Fsp3) is 0.467. The van der Waals surface area contributed by atoms with Gasteiger partial charge >= 0.3 is 5.97 Å². The van der Waals surface area contributed by atoms with Crippen molar-refractivity contribution in [1.82, 2.24) is 4.90 Å². The number of nitrogens with zero attached hydrogens (tertiary/aromatic N) is 1. The summed E-state index contributed by atoms with van der Waals surface area (Å²) in [7, 11) is 0. The van der Waals surface area contributed by atoms with Gasteiger partial charge in [0.05, 0.1) is 12.5 Å². The number of hydrogen-bond donors (Lipinski definition) is 1. The van der Waals surface area contributed by atoms with Gasteiger partial charge in [0.1, 0.15) is 0 Å². The molecule has 1 aliphatic heterocycles. The minimum Gasteiger partial charge on any atom is -0.466 e. The first kappa shape index (κ1) is 16.0. The Kier molecular flexibility index (Phi) is 5.82. The highest BCUT2D eigenvalue weighted by Crippen LogP contribution is 2.20. The summed E-state index contributed by atoms with van der Waals surface area (Å²) in [5, 5.41) is 4.49. The monoisotopic (exact) mass is 326 g/mol. The Bertz CT molecular complexity index is 507. The van der Waals surface area contributed by atoms with E-state index in [9.17, 15) is 4.79 Å². The molecule has 1 unspecified atom stereocenters. The van der Waals surface area contributed by atoms with E-state index in [0.29, 0.717) is 23.3 Å². The number of anilines is 1. The molecule has 1 aliphatic rings. The number of thiocarbonyl (C=S) groups is 1. The van der Waals surface area contributed by atoms with Gasteiger partial charge in [-0.1, -0.05) is 11.6 Å². The molecule has 0 saturated carbocycles. The Morgan fingerprint density at radius 3 is 2.86 bits per heavy atom. The molecule has 0 spiro atoms. The van der Waals surface area contributed by atoms with Gasteiger partial charge in [-0.3, -0.25) is 4.79 Å². The van der Waals surface area contributed by atoms with E-state index in [2.05, 4.69) is 5.32 Å². The second kappa shape index (κ2) is 7.61. The highest BCUT2D eigenvalue weighted by molar-refractivity contribution is 7.80. The van der Waals surface area contributed by atoms with Crippen LogP contribution in [-0.2, 0) is 9.53 Å². The van der Waals surface area contributed by atoms with Crippen LogP contribution in [0.4, 0.5) is 5.69 Å². The first-order valence-corrected chi connectivity index (χ1v) is 7.87. The number of rotatable bonds is 3. The number of ether oxygens (including phenoxy) is 1. The third-order valence-corrected chi connectivity index (χ3v) is 4.04. The van der Waals surface area contributed by atoms with Gasteiger partial charge < -0.3 is 15.0 Å². The lowest BCUT2D eigenvalue weighted by molar-refractivity contribution is -0.149. The lowest BCUT2D eigenvalue weighted by Crippen LogP contribution is -2.44. The maximum absolute atomic E-state index is 11.8. The molecule has 1 saturated heterocycles. The van der Waals surface area contributed by atoms with Crippen LogP contribution >= 0.6 is 23.8 Å². The van der Waals surface area contributed by atoms with Crippen molar-refractivity contribution >= 4 is 40.6 Å². The van der Waals surface area contributed by atoms with Gasteiger partial charge in [0.15, 0.2) is 5.11 Å². The third kappa shape index (κ3) is 4.58. The summed E-state index contributed by atoms with van der Waals surface area (Å²) in [4.78, 5) is 13.9. The average molecular weight is 327 g/mol. The van der Waals surface area contributed by atoms with E-state index in [-0.39, 0.29) is 11.9 Å². The van der Waals surface area contributed by atoms with Crippen molar-refractivity contribution in [1.29, 1.82) is 0 Å². The molecule has 0 amide bonds. The highest BCUT2D eigenvalue weighted by atomic mass is 35.5. The number of likely N-dealkylation sites (tertiary alicyclic amines) is 1. The van der Waals surface area contributed by atoms with Crippen molar-refractivity contribution < 1.29 is 9.53 Å². The van der Waals surface area contributed by atoms with Gasteiger partial charge in [0, 0.05) is 23.8 Å². The molecule has 6 heteroatoms. The fourth-order valence-electron chi connectivity index (χ4n) is 2.35. The average Bonchev–Trinajstić information content (AvgIpc) is 2.50. The van der Waals surface area contributed by atoms with E-state index in [1.807, 2.05) is 36.1 Å². The highest BCUT2D eigenvalue weighted by Gasteiger charge is 2.27. The molecule has 2 rings (SSSR count). The van der Waals surface area contributed by atoms with Crippen molar-refractivity contribution in [2.45, 2.75) is 19.8 Å². The van der Waals surface area contributed by atoms with Crippen LogP contribution in [0.3, 0.4) is 0 Å². The van der Waals surface area contributed by atoms with Crippen LogP contribution in [0.5, 0.6) is 0 Å². The minimum atomic E-state index is -0.128. The Labute approximate surface area is 135 Å². The quantitative estimate of drug-likeness (QED) is 0.681. The molecule has 1 N–H and O–H groups in total. The predicted octanol–water partition coefficient (Wildman–Crippen LogP) is 3.31. The Hall–Kier alpha value is -1.33. The molecule has 1 atom stereocenters. The molecule has 0 bridgehead atoms. The molecular formula is C15H19ClN2O2S. The van der Waals surface area contributed by atoms with Crippen LogP contribution in [0.25, 0.3) is 0 Å². The maximum Gasteiger partial charge on any atom is 0.310 e. The first-order valence-electron chi connectivity index (χ1n) is 7.08. The summed E-state index contributed by atoms with van der Waals surface area (Å²) in [6, 6.07) is 7.37. The second-order valence-corrected chi connectivity index (χ2v) is 5.80. The van der Waals surface area contributed by atoms with Crippen LogP contribution in [0.15, 0.2) is 24.3 Å². The number of esters is 1. The van der Waals surface area contributed by atoms with Gasteiger partial charge in [-0.25, -0.2) is 0 Å². The molecule has 114 valence electrons. The molecule has 4 nitrogen and oxygen atoms in total. The summed E-state index contributed by atoms with van der Waals surface area (Å²) in [5.41, 5.74) is 0.891. The summed E-state index contributed by atoms with van der Waals surface area (Å²) in [6.45, 7) is 3.71. The molecule has 0 aromatic heterocycles. The van der Waals surface area contributed by atoms with Crippen LogP contribution in [0, 0.1) is 5.92 Å². The number of benzene rings is 1. The molecule has 1 fully saturated rings. The van der Waals surface area contributed by atoms with Crippen LogP contribution < -0.4 is 5.32 Å². The number of halogens is 1. The van der Waals surface area contributed by atoms with E-state index < -0.39 is 0 Å². The van der Waals surface area contributed by atoms with Crippen molar-refractivity contribution in [3.05, 3.63) is 29.3 Å². The van der Waals surface area contributed by atoms with E-state index in [4.69, 9.17) is 28.6 Å². The van der Waals surface area contributed by atoms with E-state index >= 15 is 0 Å². The van der Waals surface area contributed by atoms with Crippen LogP contribution in [0.2, 0.25) is 5.02 Å². The van der Waals surface area contributed by atoms with Crippen LogP contribution in [0.1, 0.15) is 19.8 Å². The number of piperidine rings is 1. The maximum atomic E-state index is 11.8. The standard InChI is InChI=1S/C15H19ClN2O2S/c1-2-20-14(19)11-4-3-9-18(10-11)15(21)17-13-7-5-12(16)6-8-13/h5-8,11H,2-4,9-10H2,1H3,(H,17,21). The number of nitrogens with one attached hydrogen (secondary N) is 1. The zero-order chi connectivity index (χ0) is 15.2. The SMILES string of the molecule is CCOC(=O)C1CCCN(C(=S)Nc2ccc(Cl)cc2)C1. The summed E-state index contributed by atoms with van der Waals surface area (Å²) < 4.78 is 5.10. The molecule has 0 radical (unpaired) electrons. The van der Waals surface area contributed by atoms with Crippen molar-refractivity contribution in [3.8, 4) is 0 Å². The smallest absolute Gasteiger partial charge is 0.310 e. The van der Waals surface area contributed by atoms with Crippen molar-refractivity contribution in [2.75, 3.05) is 25.0 Å². The molecule has 21 heavy (non-hydrogen) atoms. The van der Waals surface area contributed by atoms with E-state index in [0.717, 1.165) is 25.1 Å². The largest absolute Gasteiger partial charge is 0.466 e. The topological polar surface area (TPSA) is 41.6 Å². The van der Waals surface area contributed by atoms with Gasteiger partial charge in [-0.2, -0.15) is 0 Å². The number of hydrogen-bond acceptors (Lipinski definition) is 3. The van der Waals surface area contributed by atoms with Crippen molar-refractivity contribution in [2.24, 2.45) is 5.92 Å². The van der Waals surface area contributed by atoms with Crippen LogP contribution in [-0.4, -0.2) is 35.7 Å². The minimum absolute atomic E-state index is 0.0938. The summed E-state index contributed by atoms with van der Waals surface area (Å²) in [6.07, 6.45) is 1.80. The summed E-state index contributed by atoms with van der Waals surface area (Å²) in [5.74, 6) is -0.222. The van der Waals surface area contributed by atoms with Crippen molar-refractivity contribution in [3.63, 3.8) is 0 Å².